The topological polar surface area (TPSA) is 15.3 Å². The van der Waals surface area contributed by atoms with Gasteiger partial charge in [0.2, 0.25) is 0 Å². The highest BCUT2D eigenvalue weighted by Gasteiger charge is 2.13. The van der Waals surface area contributed by atoms with Crippen molar-refractivity contribution < 1.29 is 0 Å². The third-order valence-electron chi connectivity index (χ3n) is 3.51. The molecule has 1 aliphatic rings. The van der Waals surface area contributed by atoms with E-state index in [1.54, 1.807) is 11.3 Å². The average Bonchev–Trinajstić information content (AvgIpc) is 2.70. The van der Waals surface area contributed by atoms with E-state index in [0.717, 1.165) is 21.9 Å². The summed E-state index contributed by atoms with van der Waals surface area (Å²) in [6.07, 6.45) is 4.17. The van der Waals surface area contributed by atoms with Gasteiger partial charge in [-0.1, -0.05) is 24.9 Å². The number of halogens is 2. The molecule has 1 N–H and O–H groups in total. The standard InChI is InChI=1S/C14H22BrClN2S/c1-11(10-18-5-3-2-4-6-18)8-17-9-12-7-13(15)14(16)19-12/h7,11,17H,2-6,8-10H2,1H3. The normalized spacial score (nSPS) is 18.7. The summed E-state index contributed by atoms with van der Waals surface area (Å²) in [5.74, 6) is 0.706. The fourth-order valence-corrected chi connectivity index (χ4v) is 4.33. The van der Waals surface area contributed by atoms with Crippen LogP contribution in [0.2, 0.25) is 4.34 Å². The van der Waals surface area contributed by atoms with Crippen molar-refractivity contribution in [1.82, 2.24) is 10.2 Å². The number of hydrogen-bond acceptors (Lipinski definition) is 3. The zero-order valence-electron chi connectivity index (χ0n) is 11.4. The van der Waals surface area contributed by atoms with Crippen LogP contribution in [0.15, 0.2) is 10.5 Å². The third kappa shape index (κ3) is 5.35. The zero-order valence-corrected chi connectivity index (χ0v) is 14.6. The molecule has 5 heteroatoms. The number of nitrogens with zero attached hydrogens (tertiary/aromatic N) is 1. The van der Waals surface area contributed by atoms with Crippen molar-refractivity contribution in [3.8, 4) is 0 Å². The molecule has 2 rings (SSSR count). The second-order valence-corrected chi connectivity index (χ2v) is 8.02. The fraction of sp³-hybridized carbons (Fsp3) is 0.714. The van der Waals surface area contributed by atoms with Gasteiger partial charge in [-0.2, -0.15) is 0 Å². The van der Waals surface area contributed by atoms with Crippen molar-refractivity contribution in [1.29, 1.82) is 0 Å². The molecule has 1 saturated heterocycles. The van der Waals surface area contributed by atoms with Gasteiger partial charge < -0.3 is 10.2 Å². The first-order valence-corrected chi connectivity index (χ1v) is 9.00. The molecule has 1 fully saturated rings. The van der Waals surface area contributed by atoms with Gasteiger partial charge in [-0.25, -0.2) is 0 Å². The average molecular weight is 366 g/mol. The maximum Gasteiger partial charge on any atom is 0.107 e. The van der Waals surface area contributed by atoms with Gasteiger partial charge in [-0.05, 0) is 60.4 Å². The fourth-order valence-electron chi connectivity index (χ4n) is 2.57. The Morgan fingerprint density at radius 3 is 2.79 bits per heavy atom. The molecule has 1 aromatic rings. The van der Waals surface area contributed by atoms with Crippen LogP contribution < -0.4 is 5.32 Å². The Morgan fingerprint density at radius 2 is 2.16 bits per heavy atom. The van der Waals surface area contributed by atoms with Gasteiger partial charge in [-0.3, -0.25) is 0 Å². The summed E-state index contributed by atoms with van der Waals surface area (Å²) in [5.41, 5.74) is 0. The monoisotopic (exact) mass is 364 g/mol. The van der Waals surface area contributed by atoms with Crippen molar-refractivity contribution in [2.75, 3.05) is 26.2 Å². The lowest BCUT2D eigenvalue weighted by Crippen LogP contribution is -2.36. The summed E-state index contributed by atoms with van der Waals surface area (Å²) in [6, 6.07) is 2.11. The summed E-state index contributed by atoms with van der Waals surface area (Å²) >= 11 is 11.1. The van der Waals surface area contributed by atoms with Gasteiger partial charge in [0, 0.05) is 22.4 Å². The van der Waals surface area contributed by atoms with Gasteiger partial charge in [-0.15, -0.1) is 11.3 Å². The Labute approximate surface area is 133 Å². The van der Waals surface area contributed by atoms with Crippen LogP contribution in [0.25, 0.3) is 0 Å². The number of thiophene rings is 1. The Balaban J connectivity index is 1.64. The van der Waals surface area contributed by atoms with E-state index < -0.39 is 0 Å². The smallest absolute Gasteiger partial charge is 0.107 e. The number of piperidine rings is 1. The molecule has 2 nitrogen and oxygen atoms in total. The van der Waals surface area contributed by atoms with Crippen LogP contribution in [0.3, 0.4) is 0 Å². The Bertz CT molecular complexity index is 371. The van der Waals surface area contributed by atoms with Gasteiger partial charge in [0.1, 0.15) is 4.34 Å². The first kappa shape index (κ1) is 15.8. The first-order chi connectivity index (χ1) is 9.15. The van der Waals surface area contributed by atoms with E-state index in [4.69, 9.17) is 11.6 Å². The second kappa shape index (κ2) is 7.99. The lowest BCUT2D eigenvalue weighted by Gasteiger charge is -2.29. The largest absolute Gasteiger partial charge is 0.312 e. The van der Waals surface area contributed by atoms with E-state index in [0.29, 0.717) is 5.92 Å². The zero-order chi connectivity index (χ0) is 13.7. The molecule has 0 aromatic carbocycles. The van der Waals surface area contributed by atoms with Gasteiger partial charge in [0.05, 0.1) is 0 Å². The number of hydrogen-bond donors (Lipinski definition) is 1. The molecule has 0 bridgehead atoms. The number of nitrogens with one attached hydrogen (secondary N) is 1. The summed E-state index contributed by atoms with van der Waals surface area (Å²) in [4.78, 5) is 3.90. The molecule has 0 aliphatic carbocycles. The minimum Gasteiger partial charge on any atom is -0.312 e. The maximum atomic E-state index is 6.04. The molecule has 0 amide bonds. The van der Waals surface area contributed by atoms with Crippen LogP contribution in [0.4, 0.5) is 0 Å². The molecule has 19 heavy (non-hydrogen) atoms. The molecular formula is C14H22BrClN2S. The highest BCUT2D eigenvalue weighted by Crippen LogP contribution is 2.31. The number of rotatable bonds is 6. The van der Waals surface area contributed by atoms with Crippen molar-refractivity contribution in [3.63, 3.8) is 0 Å². The maximum absolute atomic E-state index is 6.04. The quantitative estimate of drug-likeness (QED) is 0.805. The second-order valence-electron chi connectivity index (χ2n) is 5.43. The molecule has 1 atom stereocenters. The first-order valence-electron chi connectivity index (χ1n) is 7.02. The molecule has 2 heterocycles. The van der Waals surface area contributed by atoms with Crippen molar-refractivity contribution in [2.45, 2.75) is 32.7 Å². The van der Waals surface area contributed by atoms with Gasteiger partial charge in [0.15, 0.2) is 0 Å². The Hall–Kier alpha value is 0.390. The van der Waals surface area contributed by atoms with Crippen LogP contribution >= 0.6 is 38.9 Å². The minimum absolute atomic E-state index is 0.706. The SMILES string of the molecule is CC(CNCc1cc(Br)c(Cl)s1)CN1CCCCC1. The van der Waals surface area contributed by atoms with E-state index in [1.165, 1.54) is 43.8 Å². The molecule has 0 radical (unpaired) electrons. The van der Waals surface area contributed by atoms with Crippen LogP contribution in [0, 0.1) is 5.92 Å². The lowest BCUT2D eigenvalue weighted by atomic mass is 10.1. The van der Waals surface area contributed by atoms with E-state index in [-0.39, 0.29) is 0 Å². The van der Waals surface area contributed by atoms with Crippen LogP contribution in [0.5, 0.6) is 0 Å². The van der Waals surface area contributed by atoms with E-state index >= 15 is 0 Å². The summed E-state index contributed by atoms with van der Waals surface area (Å²) < 4.78 is 1.86. The van der Waals surface area contributed by atoms with Crippen molar-refractivity contribution in [3.05, 3.63) is 19.8 Å². The summed E-state index contributed by atoms with van der Waals surface area (Å²) in [6.45, 7) is 8.13. The molecule has 0 spiro atoms. The van der Waals surface area contributed by atoms with Crippen LogP contribution in [0.1, 0.15) is 31.1 Å². The van der Waals surface area contributed by atoms with E-state index in [9.17, 15) is 0 Å². The summed E-state index contributed by atoms with van der Waals surface area (Å²) in [5, 5.41) is 3.54. The van der Waals surface area contributed by atoms with E-state index in [1.807, 2.05) is 0 Å². The predicted molar refractivity (Wildman–Crippen MR) is 88.2 cm³/mol. The van der Waals surface area contributed by atoms with Crippen LogP contribution in [-0.4, -0.2) is 31.1 Å². The van der Waals surface area contributed by atoms with Crippen LogP contribution in [-0.2, 0) is 6.54 Å². The third-order valence-corrected chi connectivity index (χ3v) is 5.98. The minimum atomic E-state index is 0.706. The highest BCUT2D eigenvalue weighted by atomic mass is 79.9. The molecular weight excluding hydrogens is 344 g/mol. The predicted octanol–water partition coefficient (Wildman–Crippen LogP) is 4.38. The molecule has 1 unspecified atom stereocenters. The Morgan fingerprint density at radius 1 is 1.42 bits per heavy atom. The van der Waals surface area contributed by atoms with Gasteiger partial charge in [0.25, 0.3) is 0 Å². The molecule has 0 saturated carbocycles. The summed E-state index contributed by atoms with van der Waals surface area (Å²) in [7, 11) is 0. The highest BCUT2D eigenvalue weighted by molar-refractivity contribution is 9.10. The van der Waals surface area contributed by atoms with Gasteiger partial charge >= 0.3 is 0 Å². The Kier molecular flexibility index (Phi) is 6.63. The number of likely N-dealkylation sites (tertiary alicyclic amines) is 1. The molecule has 1 aromatic heterocycles. The van der Waals surface area contributed by atoms with Crippen molar-refractivity contribution in [2.24, 2.45) is 5.92 Å². The molecule has 108 valence electrons. The van der Waals surface area contributed by atoms with Crippen molar-refractivity contribution >= 4 is 38.9 Å². The van der Waals surface area contributed by atoms with E-state index in [2.05, 4.69) is 39.1 Å². The molecule has 1 aliphatic heterocycles. The lowest BCUT2D eigenvalue weighted by molar-refractivity contribution is 0.199.